The van der Waals surface area contributed by atoms with Crippen LogP contribution in [0.4, 0.5) is 11.4 Å². The molecule has 0 fully saturated rings. The number of hydrogen-bond donors (Lipinski definition) is 2. The Morgan fingerprint density at radius 2 is 1.72 bits per heavy atom. The smallest absolute Gasteiger partial charge is 0.265 e. The van der Waals surface area contributed by atoms with E-state index in [1.165, 1.54) is 0 Å². The van der Waals surface area contributed by atoms with Gasteiger partial charge in [-0.2, -0.15) is 0 Å². The number of rotatable bonds is 6. The fourth-order valence-electron chi connectivity index (χ4n) is 2.16. The van der Waals surface area contributed by atoms with Crippen molar-refractivity contribution in [1.82, 2.24) is 0 Å². The van der Waals surface area contributed by atoms with E-state index in [2.05, 4.69) is 10.6 Å². The van der Waals surface area contributed by atoms with Crippen LogP contribution in [-0.2, 0) is 9.59 Å². The molecule has 0 saturated heterocycles. The van der Waals surface area contributed by atoms with Crippen molar-refractivity contribution in [2.75, 3.05) is 10.6 Å². The zero-order chi connectivity index (χ0) is 18.4. The summed E-state index contributed by atoms with van der Waals surface area (Å²) in [7, 11) is 0. The van der Waals surface area contributed by atoms with Gasteiger partial charge in [0.05, 0.1) is 5.02 Å². The van der Waals surface area contributed by atoms with Crippen LogP contribution in [-0.4, -0.2) is 17.9 Å². The molecule has 0 aliphatic heterocycles. The van der Waals surface area contributed by atoms with E-state index in [-0.39, 0.29) is 11.8 Å². The van der Waals surface area contributed by atoms with E-state index in [0.29, 0.717) is 28.6 Å². The first-order valence-corrected chi connectivity index (χ1v) is 8.41. The van der Waals surface area contributed by atoms with Crippen LogP contribution in [0.1, 0.15) is 25.8 Å². The number of ether oxygens (including phenoxy) is 1. The molecule has 2 rings (SSSR count). The number of anilines is 2. The fraction of sp³-hybridized carbons (Fsp3) is 0.263. The molecule has 2 aromatic carbocycles. The highest BCUT2D eigenvalue weighted by Gasteiger charge is 2.17. The van der Waals surface area contributed by atoms with Gasteiger partial charge in [-0.1, -0.05) is 36.7 Å². The molecule has 0 spiro atoms. The molecular weight excluding hydrogens is 340 g/mol. The van der Waals surface area contributed by atoms with Crippen LogP contribution in [0.25, 0.3) is 0 Å². The standard InChI is InChI=1S/C19H21ClN2O3/c1-4-18(23)21-15-9-7-10-16(12(15)2)22-19(24)13(3)25-17-11-6-5-8-14(17)20/h5-11,13H,4H2,1-3H3,(H,21,23)(H,22,24). The second-order valence-corrected chi connectivity index (χ2v) is 5.97. The molecule has 25 heavy (non-hydrogen) atoms. The van der Waals surface area contributed by atoms with Crippen molar-refractivity contribution in [2.45, 2.75) is 33.3 Å². The first-order valence-electron chi connectivity index (χ1n) is 8.04. The van der Waals surface area contributed by atoms with E-state index < -0.39 is 6.10 Å². The molecule has 0 radical (unpaired) electrons. The van der Waals surface area contributed by atoms with E-state index >= 15 is 0 Å². The molecule has 2 N–H and O–H groups in total. The van der Waals surface area contributed by atoms with Gasteiger partial charge in [-0.3, -0.25) is 9.59 Å². The molecule has 0 aromatic heterocycles. The van der Waals surface area contributed by atoms with Crippen LogP contribution in [0.5, 0.6) is 5.75 Å². The first-order chi connectivity index (χ1) is 11.9. The van der Waals surface area contributed by atoms with Crippen molar-refractivity contribution in [3.8, 4) is 5.75 Å². The van der Waals surface area contributed by atoms with Gasteiger partial charge >= 0.3 is 0 Å². The van der Waals surface area contributed by atoms with E-state index in [4.69, 9.17) is 16.3 Å². The summed E-state index contributed by atoms with van der Waals surface area (Å²) in [5.74, 6) is 0.0662. The van der Waals surface area contributed by atoms with E-state index in [9.17, 15) is 9.59 Å². The molecule has 0 bridgehead atoms. The van der Waals surface area contributed by atoms with Crippen LogP contribution in [0, 0.1) is 6.92 Å². The minimum absolute atomic E-state index is 0.0815. The molecule has 0 aliphatic carbocycles. The maximum absolute atomic E-state index is 12.4. The van der Waals surface area contributed by atoms with Crippen molar-refractivity contribution in [3.05, 3.63) is 53.1 Å². The highest BCUT2D eigenvalue weighted by molar-refractivity contribution is 6.32. The van der Waals surface area contributed by atoms with Gasteiger partial charge in [-0.25, -0.2) is 0 Å². The zero-order valence-corrected chi connectivity index (χ0v) is 15.2. The maximum Gasteiger partial charge on any atom is 0.265 e. The van der Waals surface area contributed by atoms with Crippen molar-refractivity contribution >= 4 is 34.8 Å². The SMILES string of the molecule is CCC(=O)Nc1cccc(NC(=O)C(C)Oc2ccccc2Cl)c1C. The molecule has 0 saturated carbocycles. The van der Waals surface area contributed by atoms with Crippen LogP contribution in [0.2, 0.25) is 5.02 Å². The summed E-state index contributed by atoms with van der Waals surface area (Å²) in [4.78, 5) is 24.0. The molecule has 6 heteroatoms. The van der Waals surface area contributed by atoms with Gasteiger partial charge < -0.3 is 15.4 Å². The van der Waals surface area contributed by atoms with Gasteiger partial charge in [-0.05, 0) is 43.7 Å². The number of benzene rings is 2. The summed E-state index contributed by atoms with van der Waals surface area (Å²) < 4.78 is 5.62. The maximum atomic E-state index is 12.4. The van der Waals surface area contributed by atoms with Gasteiger partial charge in [0.2, 0.25) is 5.91 Å². The molecular formula is C19H21ClN2O3. The largest absolute Gasteiger partial charge is 0.479 e. The Labute approximate surface area is 152 Å². The second-order valence-electron chi connectivity index (χ2n) is 5.56. The number of carbonyl (C=O) groups excluding carboxylic acids is 2. The second kappa shape index (κ2) is 8.53. The Morgan fingerprint density at radius 1 is 1.08 bits per heavy atom. The van der Waals surface area contributed by atoms with Crippen molar-refractivity contribution in [1.29, 1.82) is 0 Å². The van der Waals surface area contributed by atoms with Crippen molar-refractivity contribution in [2.24, 2.45) is 0 Å². The van der Waals surface area contributed by atoms with E-state index in [1.54, 1.807) is 56.3 Å². The van der Waals surface area contributed by atoms with Crippen LogP contribution >= 0.6 is 11.6 Å². The third kappa shape index (κ3) is 4.97. The lowest BCUT2D eigenvalue weighted by Gasteiger charge is -2.17. The fourth-order valence-corrected chi connectivity index (χ4v) is 2.34. The van der Waals surface area contributed by atoms with E-state index in [0.717, 1.165) is 5.56 Å². The minimum Gasteiger partial charge on any atom is -0.479 e. The van der Waals surface area contributed by atoms with Crippen LogP contribution < -0.4 is 15.4 Å². The average Bonchev–Trinajstić information content (AvgIpc) is 2.60. The molecule has 2 aromatic rings. The Hall–Kier alpha value is -2.53. The summed E-state index contributed by atoms with van der Waals surface area (Å²) >= 11 is 6.04. The lowest BCUT2D eigenvalue weighted by molar-refractivity contribution is -0.122. The monoisotopic (exact) mass is 360 g/mol. The molecule has 0 aliphatic rings. The number of hydrogen-bond acceptors (Lipinski definition) is 3. The van der Waals surface area contributed by atoms with Gasteiger partial charge in [0, 0.05) is 17.8 Å². The topological polar surface area (TPSA) is 67.4 Å². The quantitative estimate of drug-likeness (QED) is 0.802. The summed E-state index contributed by atoms with van der Waals surface area (Å²) in [5, 5.41) is 6.08. The summed E-state index contributed by atoms with van der Waals surface area (Å²) in [5.41, 5.74) is 2.07. The number of amides is 2. The van der Waals surface area contributed by atoms with E-state index in [1.807, 2.05) is 6.92 Å². The Balaban J connectivity index is 2.08. The number of halogens is 1. The molecule has 1 atom stereocenters. The van der Waals surface area contributed by atoms with Gasteiger partial charge in [0.1, 0.15) is 5.75 Å². The predicted molar refractivity (Wildman–Crippen MR) is 100 cm³/mol. The normalized spacial score (nSPS) is 11.5. The Bertz CT molecular complexity index is 777. The molecule has 1 unspecified atom stereocenters. The van der Waals surface area contributed by atoms with Gasteiger partial charge in [0.25, 0.3) is 5.91 Å². The van der Waals surface area contributed by atoms with Crippen molar-refractivity contribution < 1.29 is 14.3 Å². The number of para-hydroxylation sites is 1. The Morgan fingerprint density at radius 3 is 2.36 bits per heavy atom. The first kappa shape index (κ1) is 18.8. The lowest BCUT2D eigenvalue weighted by atomic mass is 10.1. The Kier molecular flexibility index (Phi) is 6.42. The third-order valence-corrected chi connectivity index (χ3v) is 4.01. The summed E-state index contributed by atoms with van der Waals surface area (Å²) in [6, 6.07) is 12.3. The third-order valence-electron chi connectivity index (χ3n) is 3.70. The molecule has 2 amide bonds. The summed E-state index contributed by atoms with van der Waals surface area (Å²) in [6.07, 6.45) is -0.341. The summed E-state index contributed by atoms with van der Waals surface area (Å²) in [6.45, 7) is 5.27. The zero-order valence-electron chi connectivity index (χ0n) is 14.4. The van der Waals surface area contributed by atoms with Crippen molar-refractivity contribution in [3.63, 3.8) is 0 Å². The number of carbonyl (C=O) groups is 2. The highest BCUT2D eigenvalue weighted by atomic mass is 35.5. The molecule has 0 heterocycles. The average molecular weight is 361 g/mol. The highest BCUT2D eigenvalue weighted by Crippen LogP contribution is 2.26. The van der Waals surface area contributed by atoms with Gasteiger partial charge in [-0.15, -0.1) is 0 Å². The number of nitrogens with one attached hydrogen (secondary N) is 2. The van der Waals surface area contributed by atoms with Gasteiger partial charge in [0.15, 0.2) is 6.10 Å². The minimum atomic E-state index is -0.729. The molecule has 132 valence electrons. The predicted octanol–water partition coefficient (Wildman–Crippen LogP) is 4.40. The molecule has 5 nitrogen and oxygen atoms in total. The van der Waals surface area contributed by atoms with Crippen LogP contribution in [0.15, 0.2) is 42.5 Å². The van der Waals surface area contributed by atoms with Crippen LogP contribution in [0.3, 0.4) is 0 Å². The lowest BCUT2D eigenvalue weighted by Crippen LogP contribution is -2.30.